The van der Waals surface area contributed by atoms with Crippen LogP contribution in [0.5, 0.6) is 0 Å². The van der Waals surface area contributed by atoms with E-state index in [1.165, 1.54) is 12.1 Å². The van der Waals surface area contributed by atoms with Crippen molar-refractivity contribution in [1.82, 2.24) is 10.3 Å². The van der Waals surface area contributed by atoms with E-state index < -0.39 is 11.7 Å². The Morgan fingerprint density at radius 2 is 2.29 bits per heavy atom. The summed E-state index contributed by atoms with van der Waals surface area (Å²) in [5, 5.41) is 4.21. The van der Waals surface area contributed by atoms with Crippen LogP contribution in [0.4, 0.5) is 4.39 Å². The van der Waals surface area contributed by atoms with Crippen LogP contribution in [-0.2, 0) is 6.54 Å². The molecule has 0 unspecified atom stereocenters. The fourth-order valence-electron chi connectivity index (χ4n) is 1.58. The van der Waals surface area contributed by atoms with E-state index in [9.17, 15) is 14.0 Å². The summed E-state index contributed by atoms with van der Waals surface area (Å²) in [6.07, 6.45) is 0. The number of benzene rings is 1. The van der Waals surface area contributed by atoms with Gasteiger partial charge in [-0.2, -0.15) is 0 Å². The number of nitrogens with two attached hydrogens (primary N) is 1. The molecule has 0 radical (unpaired) electrons. The van der Waals surface area contributed by atoms with E-state index in [1.807, 2.05) is 0 Å². The zero-order chi connectivity index (χ0) is 15.2. The molecule has 1 heterocycles. The van der Waals surface area contributed by atoms with Crippen LogP contribution in [0.2, 0.25) is 0 Å². The maximum absolute atomic E-state index is 13.7. The lowest BCUT2D eigenvalue weighted by Gasteiger charge is -2.04. The van der Waals surface area contributed by atoms with Gasteiger partial charge in [-0.25, -0.2) is 4.39 Å². The Morgan fingerprint density at radius 3 is 2.90 bits per heavy atom. The largest absolute Gasteiger partial charge is 0.346 e. The van der Waals surface area contributed by atoms with Gasteiger partial charge in [0.15, 0.2) is 0 Å². The maximum Gasteiger partial charge on any atom is 0.304 e. The molecule has 4 N–H and O–H groups in total. The molecule has 0 saturated heterocycles. The Labute approximate surface area is 124 Å². The smallest absolute Gasteiger partial charge is 0.304 e. The average Bonchev–Trinajstić information content (AvgIpc) is 2.89. The maximum atomic E-state index is 13.7. The fourth-order valence-corrected chi connectivity index (χ4v) is 2.16. The van der Waals surface area contributed by atoms with Crippen molar-refractivity contribution in [2.45, 2.75) is 6.54 Å². The van der Waals surface area contributed by atoms with Crippen LogP contribution in [0.1, 0.15) is 21.6 Å². The van der Waals surface area contributed by atoms with Crippen LogP contribution in [0.15, 0.2) is 28.4 Å². The van der Waals surface area contributed by atoms with E-state index in [2.05, 4.69) is 22.1 Å². The Hall–Kier alpha value is -2.43. The zero-order valence-corrected chi connectivity index (χ0v) is 11.7. The van der Waals surface area contributed by atoms with Crippen LogP contribution in [0, 0.1) is 17.7 Å². The summed E-state index contributed by atoms with van der Waals surface area (Å²) >= 11 is 1.02. The molecule has 2 aromatic rings. The Bertz CT molecular complexity index is 770. The standard InChI is InChI=1S/C14H12FN3O2S/c15-12-6-10(4-3-9(12)2-1-5-16)13(19)17-7-11-8-21-14(20)18-11/h3-4,6,8H,5,7,16H2,(H,17,19)(H,18,20). The molecule has 2 rings (SSSR count). The van der Waals surface area contributed by atoms with Crippen molar-refractivity contribution in [3.63, 3.8) is 0 Å². The van der Waals surface area contributed by atoms with Gasteiger partial charge in [0.25, 0.3) is 5.91 Å². The minimum atomic E-state index is -0.576. The minimum Gasteiger partial charge on any atom is -0.346 e. The second-order valence-electron chi connectivity index (χ2n) is 4.06. The van der Waals surface area contributed by atoms with Crippen molar-refractivity contribution < 1.29 is 9.18 Å². The van der Waals surface area contributed by atoms with Gasteiger partial charge in [-0.1, -0.05) is 23.2 Å². The van der Waals surface area contributed by atoms with E-state index in [1.54, 1.807) is 5.38 Å². The van der Waals surface area contributed by atoms with E-state index in [0.717, 1.165) is 17.4 Å². The minimum absolute atomic E-state index is 0.139. The SMILES string of the molecule is NCC#Cc1ccc(C(=O)NCc2csc(=O)[nH]2)cc1F. The predicted octanol–water partition coefficient (Wildman–Crippen LogP) is 0.816. The highest BCUT2D eigenvalue weighted by Gasteiger charge is 2.09. The summed E-state index contributed by atoms with van der Waals surface area (Å²) in [5.41, 5.74) is 6.20. The molecule has 0 spiro atoms. The third-order valence-corrected chi connectivity index (χ3v) is 3.29. The monoisotopic (exact) mass is 305 g/mol. The zero-order valence-electron chi connectivity index (χ0n) is 10.9. The van der Waals surface area contributed by atoms with Gasteiger partial charge in [0, 0.05) is 16.6 Å². The van der Waals surface area contributed by atoms with E-state index >= 15 is 0 Å². The molecule has 5 nitrogen and oxygen atoms in total. The number of hydrogen-bond donors (Lipinski definition) is 3. The number of aromatic amines is 1. The number of hydrogen-bond acceptors (Lipinski definition) is 4. The van der Waals surface area contributed by atoms with Crippen molar-refractivity contribution >= 4 is 17.2 Å². The average molecular weight is 305 g/mol. The molecule has 1 amide bonds. The molecule has 0 fully saturated rings. The van der Waals surface area contributed by atoms with Gasteiger partial charge in [-0.05, 0) is 18.2 Å². The van der Waals surface area contributed by atoms with E-state index in [4.69, 9.17) is 5.73 Å². The summed E-state index contributed by atoms with van der Waals surface area (Å²) in [7, 11) is 0. The molecule has 21 heavy (non-hydrogen) atoms. The molecule has 0 saturated carbocycles. The van der Waals surface area contributed by atoms with Gasteiger partial charge in [0.05, 0.1) is 18.7 Å². The Balaban J connectivity index is 2.05. The summed E-state index contributed by atoms with van der Waals surface area (Å²) in [6, 6.07) is 4.03. The molecule has 1 aromatic carbocycles. The predicted molar refractivity (Wildman–Crippen MR) is 78.4 cm³/mol. The van der Waals surface area contributed by atoms with Crippen molar-refractivity contribution in [2.75, 3.05) is 6.54 Å². The van der Waals surface area contributed by atoms with Crippen molar-refractivity contribution in [3.05, 3.63) is 55.9 Å². The molecule has 0 bridgehead atoms. The van der Waals surface area contributed by atoms with Crippen LogP contribution < -0.4 is 15.9 Å². The van der Waals surface area contributed by atoms with Crippen LogP contribution >= 0.6 is 11.3 Å². The quantitative estimate of drug-likeness (QED) is 0.734. The number of thiazole rings is 1. The molecular weight excluding hydrogens is 293 g/mol. The van der Waals surface area contributed by atoms with Gasteiger partial charge in [0.1, 0.15) is 5.82 Å². The third-order valence-electron chi connectivity index (χ3n) is 2.57. The number of carbonyl (C=O) groups excluding carboxylic acids is 1. The molecule has 0 aliphatic carbocycles. The van der Waals surface area contributed by atoms with Gasteiger partial charge < -0.3 is 16.0 Å². The van der Waals surface area contributed by atoms with Gasteiger partial charge in [0.2, 0.25) is 0 Å². The summed E-state index contributed by atoms with van der Waals surface area (Å²) in [5.74, 6) is 4.12. The highest BCUT2D eigenvalue weighted by Crippen LogP contribution is 2.09. The number of rotatable bonds is 3. The molecule has 0 aliphatic rings. The fraction of sp³-hybridized carbons (Fsp3) is 0.143. The van der Waals surface area contributed by atoms with Crippen LogP contribution in [-0.4, -0.2) is 17.4 Å². The normalized spacial score (nSPS) is 9.81. The first kappa shape index (κ1) is 15.0. The summed E-state index contributed by atoms with van der Waals surface area (Å²) < 4.78 is 13.7. The van der Waals surface area contributed by atoms with Crippen LogP contribution in [0.3, 0.4) is 0 Å². The third kappa shape index (κ3) is 4.02. The highest BCUT2D eigenvalue weighted by atomic mass is 32.1. The molecular formula is C14H12FN3O2S. The number of carbonyl (C=O) groups is 1. The molecule has 108 valence electrons. The molecule has 7 heteroatoms. The van der Waals surface area contributed by atoms with E-state index in [0.29, 0.717) is 5.69 Å². The van der Waals surface area contributed by atoms with Gasteiger partial charge in [-0.15, -0.1) is 0 Å². The van der Waals surface area contributed by atoms with E-state index in [-0.39, 0.29) is 29.1 Å². The first-order chi connectivity index (χ1) is 10.1. The lowest BCUT2D eigenvalue weighted by atomic mass is 10.1. The Kier molecular flexibility index (Phi) is 4.87. The lowest BCUT2D eigenvalue weighted by Crippen LogP contribution is -2.23. The number of amides is 1. The number of halogens is 1. The first-order valence-corrected chi connectivity index (χ1v) is 6.91. The number of nitrogens with one attached hydrogen (secondary N) is 2. The summed E-state index contributed by atoms with van der Waals surface area (Å²) in [4.78, 5) is 25.2. The van der Waals surface area contributed by atoms with Crippen molar-refractivity contribution in [2.24, 2.45) is 5.73 Å². The van der Waals surface area contributed by atoms with Crippen LogP contribution in [0.25, 0.3) is 0 Å². The lowest BCUT2D eigenvalue weighted by molar-refractivity contribution is 0.0950. The van der Waals surface area contributed by atoms with Crippen molar-refractivity contribution in [3.8, 4) is 11.8 Å². The molecule has 0 atom stereocenters. The van der Waals surface area contributed by atoms with Gasteiger partial charge in [-0.3, -0.25) is 9.59 Å². The second kappa shape index (κ2) is 6.83. The molecule has 0 aliphatic heterocycles. The topological polar surface area (TPSA) is 88.0 Å². The number of aromatic nitrogens is 1. The molecule has 1 aromatic heterocycles. The van der Waals surface area contributed by atoms with Gasteiger partial charge >= 0.3 is 4.87 Å². The Morgan fingerprint density at radius 1 is 1.48 bits per heavy atom. The highest BCUT2D eigenvalue weighted by molar-refractivity contribution is 7.07. The second-order valence-corrected chi connectivity index (χ2v) is 4.90. The summed E-state index contributed by atoms with van der Waals surface area (Å²) in [6.45, 7) is 0.314. The number of H-pyrrole nitrogens is 1. The van der Waals surface area contributed by atoms with Crippen molar-refractivity contribution in [1.29, 1.82) is 0 Å². The first-order valence-electron chi connectivity index (χ1n) is 6.03.